The first kappa shape index (κ1) is 15.2. The van der Waals surface area contributed by atoms with Crippen LogP contribution in [0.3, 0.4) is 0 Å². The summed E-state index contributed by atoms with van der Waals surface area (Å²) in [5.41, 5.74) is 0.600. The molecule has 0 radical (unpaired) electrons. The number of benzene rings is 1. The van der Waals surface area contributed by atoms with Crippen LogP contribution in [0.5, 0.6) is 0 Å². The topological polar surface area (TPSA) is 56.3 Å². The van der Waals surface area contributed by atoms with Gasteiger partial charge in [-0.3, -0.25) is 0 Å². The molecule has 3 rings (SSSR count). The van der Waals surface area contributed by atoms with E-state index in [2.05, 4.69) is 9.69 Å². The zero-order valence-corrected chi connectivity index (χ0v) is 12.1. The lowest BCUT2D eigenvalue weighted by atomic mass is 10.0. The quantitative estimate of drug-likeness (QED) is 0.543. The number of fused-ring (bicyclic) bond motifs is 2. The summed E-state index contributed by atoms with van der Waals surface area (Å²) in [7, 11) is 0. The van der Waals surface area contributed by atoms with Crippen LogP contribution in [0.15, 0.2) is 22.5 Å². The number of nitriles is 2. The minimum absolute atomic E-state index is 0.0261. The Kier molecular flexibility index (Phi) is 3.46. The van der Waals surface area contributed by atoms with Crippen LogP contribution in [-0.2, 0) is 12.8 Å². The van der Waals surface area contributed by atoms with Gasteiger partial charge in [0.2, 0.25) is 0 Å². The van der Waals surface area contributed by atoms with Crippen LogP contribution in [0.2, 0.25) is 0 Å². The highest BCUT2D eigenvalue weighted by atomic mass is 19.1. The van der Waals surface area contributed by atoms with Crippen molar-refractivity contribution < 1.29 is 8.78 Å². The van der Waals surface area contributed by atoms with Crippen LogP contribution in [0.25, 0.3) is 21.8 Å². The van der Waals surface area contributed by atoms with Crippen LogP contribution in [-0.4, -0.2) is 0 Å². The Morgan fingerprint density at radius 2 is 1.38 bits per heavy atom. The summed E-state index contributed by atoms with van der Waals surface area (Å²) in [6.07, 6.45) is 2.59. The molecule has 1 aromatic rings. The number of nitrogens with zero attached hydrogens (tertiary/aromatic N) is 4. The fourth-order valence-electron chi connectivity index (χ4n) is 2.95. The van der Waals surface area contributed by atoms with Crippen LogP contribution < -0.4 is 10.4 Å². The molecule has 0 amide bonds. The molecule has 0 fully saturated rings. The first-order valence-corrected chi connectivity index (χ1v) is 6.79. The predicted molar refractivity (Wildman–Crippen MR) is 80.4 cm³/mol. The van der Waals surface area contributed by atoms with Gasteiger partial charge in [0.15, 0.2) is 0 Å². The lowest BCUT2D eigenvalue weighted by Crippen LogP contribution is -2.25. The molecule has 2 aliphatic rings. The normalized spacial score (nSPS) is 13.4. The van der Waals surface area contributed by atoms with Gasteiger partial charge in [-0.2, -0.15) is 20.2 Å². The van der Waals surface area contributed by atoms with Gasteiger partial charge in [-0.15, -0.1) is 0 Å². The number of hydrogen-bond donors (Lipinski definition) is 0. The Morgan fingerprint density at radius 1 is 0.917 bits per heavy atom. The molecule has 112 valence electrons. The minimum Gasteiger partial charge on any atom is -0.206 e. The molecule has 1 aromatic carbocycles. The molecule has 0 heterocycles. The van der Waals surface area contributed by atoms with E-state index in [1.807, 2.05) is 0 Å². The van der Waals surface area contributed by atoms with E-state index in [1.165, 1.54) is 12.2 Å². The van der Waals surface area contributed by atoms with Crippen molar-refractivity contribution in [2.75, 3.05) is 0 Å². The number of hydrogen-bond acceptors (Lipinski definition) is 2. The van der Waals surface area contributed by atoms with E-state index >= 15 is 0 Å². The monoisotopic (exact) mass is 316 g/mol. The third-order valence-corrected chi connectivity index (χ3v) is 4.07. The Labute approximate surface area is 135 Å². The fraction of sp³-hybridized carbons (Fsp3) is 0.111. The van der Waals surface area contributed by atoms with Crippen molar-refractivity contribution in [1.82, 2.24) is 0 Å². The number of allylic oxidation sites excluding steroid dienone is 3. The molecule has 0 atom stereocenters. The molecule has 0 saturated carbocycles. The van der Waals surface area contributed by atoms with Crippen molar-refractivity contribution in [2.45, 2.75) is 12.8 Å². The third-order valence-electron chi connectivity index (χ3n) is 4.07. The Bertz CT molecular complexity index is 1030. The maximum atomic E-state index is 14.8. The van der Waals surface area contributed by atoms with Gasteiger partial charge in [0.05, 0.1) is 5.57 Å². The highest BCUT2D eigenvalue weighted by molar-refractivity contribution is 5.67. The van der Waals surface area contributed by atoms with E-state index < -0.39 is 11.6 Å². The first-order chi connectivity index (χ1) is 11.5. The van der Waals surface area contributed by atoms with Gasteiger partial charge in [0, 0.05) is 28.0 Å². The molecular weight excluding hydrogens is 310 g/mol. The van der Waals surface area contributed by atoms with Crippen molar-refractivity contribution >= 4 is 12.2 Å². The van der Waals surface area contributed by atoms with Crippen LogP contribution in [0.1, 0.15) is 11.1 Å². The molecule has 2 aliphatic carbocycles. The molecule has 0 bridgehead atoms. The predicted octanol–water partition coefficient (Wildman–Crippen LogP) is 2.03. The largest absolute Gasteiger partial charge is 0.522 e. The Balaban J connectivity index is 2.31. The van der Waals surface area contributed by atoms with Gasteiger partial charge < -0.3 is 0 Å². The summed E-state index contributed by atoms with van der Waals surface area (Å²) in [6.45, 7) is 13.9. The third kappa shape index (κ3) is 1.99. The van der Waals surface area contributed by atoms with E-state index in [0.717, 1.165) is 0 Å². The molecule has 4 nitrogen and oxygen atoms in total. The minimum atomic E-state index is -0.632. The molecule has 0 saturated heterocycles. The maximum Gasteiger partial charge on any atom is 0.522 e. The summed E-state index contributed by atoms with van der Waals surface area (Å²) in [5, 5.41) is 17.9. The van der Waals surface area contributed by atoms with Crippen LogP contribution in [0, 0.1) is 47.4 Å². The second kappa shape index (κ2) is 5.47. The summed E-state index contributed by atoms with van der Waals surface area (Å²) in [6, 6.07) is 3.44. The molecule has 6 heteroatoms. The van der Waals surface area contributed by atoms with Crippen molar-refractivity contribution in [2.24, 2.45) is 0 Å². The van der Waals surface area contributed by atoms with E-state index in [1.54, 1.807) is 12.1 Å². The maximum absolute atomic E-state index is 14.8. The van der Waals surface area contributed by atoms with Gasteiger partial charge in [-0.1, -0.05) is 6.08 Å². The molecule has 0 unspecified atom stereocenters. The summed E-state index contributed by atoms with van der Waals surface area (Å²) >= 11 is 0. The van der Waals surface area contributed by atoms with E-state index in [-0.39, 0.29) is 51.4 Å². The van der Waals surface area contributed by atoms with E-state index in [0.29, 0.717) is 5.57 Å². The summed E-state index contributed by atoms with van der Waals surface area (Å²) in [5.74, 6) is -1.47. The van der Waals surface area contributed by atoms with Gasteiger partial charge in [-0.05, 0) is 18.1 Å². The average molecular weight is 316 g/mol. The van der Waals surface area contributed by atoms with Gasteiger partial charge in [-0.25, -0.2) is 8.78 Å². The second-order valence-corrected chi connectivity index (χ2v) is 5.25. The molecule has 0 aliphatic heterocycles. The first-order valence-electron chi connectivity index (χ1n) is 6.79. The van der Waals surface area contributed by atoms with Crippen molar-refractivity contribution in [3.05, 3.63) is 78.6 Å². The summed E-state index contributed by atoms with van der Waals surface area (Å²) < 4.78 is 29.5. The zero-order chi connectivity index (χ0) is 17.4. The highest BCUT2D eigenvalue weighted by Crippen LogP contribution is 2.25. The lowest BCUT2D eigenvalue weighted by molar-refractivity contribution is 0.567. The SMILES string of the molecule is [C-]#[N+]C([N+]#[C-])=C1C=c2c(F)c3c(c(F)c2C1)=CC(=C(C#N)C#N)C3. The van der Waals surface area contributed by atoms with Gasteiger partial charge >= 0.3 is 5.82 Å². The van der Waals surface area contributed by atoms with E-state index in [9.17, 15) is 8.78 Å². The smallest absolute Gasteiger partial charge is 0.206 e. The molecule has 0 N–H and O–H groups in total. The lowest BCUT2D eigenvalue weighted by Gasteiger charge is -2.03. The zero-order valence-electron chi connectivity index (χ0n) is 12.1. The molecular formula is C18H6F2N4. The van der Waals surface area contributed by atoms with Gasteiger partial charge in [0.25, 0.3) is 0 Å². The molecule has 0 spiro atoms. The average Bonchev–Trinajstić information content (AvgIpc) is 3.21. The highest BCUT2D eigenvalue weighted by Gasteiger charge is 2.28. The van der Waals surface area contributed by atoms with Crippen LogP contribution >= 0.6 is 0 Å². The second-order valence-electron chi connectivity index (χ2n) is 5.25. The van der Waals surface area contributed by atoms with Gasteiger partial charge in [0.1, 0.15) is 42.5 Å². The fourth-order valence-corrected chi connectivity index (χ4v) is 2.95. The van der Waals surface area contributed by atoms with Crippen molar-refractivity contribution in [3.63, 3.8) is 0 Å². The Hall–Kier alpha value is -3.74. The van der Waals surface area contributed by atoms with E-state index in [4.69, 9.17) is 23.7 Å². The standard InChI is InChI=1S/C18H6F2N4/c1-23-18(24-2)10-5-14-15(6-10)17(20)13-4-9(11(7-21)8-22)3-12(13)16(14)19/h3,6H,4-5H2. The number of halogens is 2. The number of rotatable bonds is 0. The Morgan fingerprint density at radius 3 is 1.83 bits per heavy atom. The van der Waals surface area contributed by atoms with Crippen molar-refractivity contribution in [3.8, 4) is 12.1 Å². The molecule has 0 aromatic heterocycles. The molecule has 24 heavy (non-hydrogen) atoms. The van der Waals surface area contributed by atoms with Crippen molar-refractivity contribution in [1.29, 1.82) is 10.5 Å². The van der Waals surface area contributed by atoms with Crippen LogP contribution in [0.4, 0.5) is 8.78 Å². The summed E-state index contributed by atoms with van der Waals surface area (Å²) in [4.78, 5) is 6.16.